The summed E-state index contributed by atoms with van der Waals surface area (Å²) in [5, 5.41) is 4.20. The fourth-order valence-corrected chi connectivity index (χ4v) is 4.77. The monoisotopic (exact) mass is 489 g/mol. The summed E-state index contributed by atoms with van der Waals surface area (Å²) < 4.78 is 3.27. The quantitative estimate of drug-likeness (QED) is 0.382. The zero-order chi connectivity index (χ0) is 21.4. The van der Waals surface area contributed by atoms with Crippen molar-refractivity contribution in [2.75, 3.05) is 4.90 Å². The van der Waals surface area contributed by atoms with Gasteiger partial charge in [0.05, 0.1) is 23.6 Å². The first-order valence-corrected chi connectivity index (χ1v) is 11.2. The van der Waals surface area contributed by atoms with Gasteiger partial charge < -0.3 is 14.8 Å². The first-order chi connectivity index (χ1) is 15.1. The Bertz CT molecular complexity index is 1210. The Labute approximate surface area is 194 Å². The van der Waals surface area contributed by atoms with E-state index < -0.39 is 0 Å². The molecule has 0 aliphatic carbocycles. The van der Waals surface area contributed by atoms with Gasteiger partial charge in [-0.1, -0.05) is 22.0 Å². The van der Waals surface area contributed by atoms with Gasteiger partial charge in [0.25, 0.3) is 0 Å². The van der Waals surface area contributed by atoms with Gasteiger partial charge in [-0.15, -0.1) is 0 Å². The van der Waals surface area contributed by atoms with E-state index in [9.17, 15) is 0 Å². The molecule has 154 valence electrons. The summed E-state index contributed by atoms with van der Waals surface area (Å²) in [4.78, 5) is 11.2. The fraction of sp³-hybridized carbons (Fsp3) is 0.125. The second-order valence-corrected chi connectivity index (χ2v) is 8.72. The number of nitrogens with one attached hydrogen (secondary N) is 1. The van der Waals surface area contributed by atoms with Crippen molar-refractivity contribution in [3.8, 4) is 5.69 Å². The zero-order valence-electron chi connectivity index (χ0n) is 16.8. The van der Waals surface area contributed by atoms with Crippen LogP contribution < -0.4 is 10.2 Å². The molecule has 3 aromatic heterocycles. The van der Waals surface area contributed by atoms with E-state index in [-0.39, 0.29) is 12.1 Å². The van der Waals surface area contributed by atoms with Crippen LogP contribution in [0, 0.1) is 6.92 Å². The number of pyridine rings is 2. The van der Waals surface area contributed by atoms with Gasteiger partial charge in [0, 0.05) is 33.9 Å². The number of aromatic nitrogens is 3. The number of halogens is 1. The van der Waals surface area contributed by atoms with E-state index in [0.29, 0.717) is 5.11 Å². The molecule has 5 rings (SSSR count). The second-order valence-electron chi connectivity index (χ2n) is 7.42. The summed E-state index contributed by atoms with van der Waals surface area (Å²) >= 11 is 9.37. The van der Waals surface area contributed by atoms with Gasteiger partial charge in [-0.3, -0.25) is 9.97 Å². The van der Waals surface area contributed by atoms with Crippen LogP contribution in [0.25, 0.3) is 5.69 Å². The molecular weight excluding hydrogens is 470 g/mol. The normalized spacial score (nSPS) is 18.3. The van der Waals surface area contributed by atoms with Gasteiger partial charge in [-0.25, -0.2) is 0 Å². The van der Waals surface area contributed by atoms with Crippen LogP contribution in [0.5, 0.6) is 0 Å². The Kier molecular flexibility index (Phi) is 5.29. The van der Waals surface area contributed by atoms with E-state index in [1.807, 2.05) is 48.8 Å². The molecule has 5 nitrogen and oxygen atoms in total. The van der Waals surface area contributed by atoms with Crippen molar-refractivity contribution < 1.29 is 0 Å². The maximum Gasteiger partial charge on any atom is 0.174 e. The third-order valence-electron chi connectivity index (χ3n) is 5.52. The molecular formula is C24H20BrN5S. The number of anilines is 1. The van der Waals surface area contributed by atoms with Crippen molar-refractivity contribution in [3.05, 3.63) is 107 Å². The summed E-state index contributed by atoms with van der Waals surface area (Å²) in [6.07, 6.45) is 5.50. The lowest BCUT2D eigenvalue weighted by molar-refractivity contribution is 0.548. The highest BCUT2D eigenvalue weighted by molar-refractivity contribution is 9.10. The topological polar surface area (TPSA) is 46.0 Å². The lowest BCUT2D eigenvalue weighted by Crippen LogP contribution is -2.30. The number of benzene rings is 1. The van der Waals surface area contributed by atoms with E-state index in [0.717, 1.165) is 32.9 Å². The predicted octanol–water partition coefficient (Wildman–Crippen LogP) is 5.52. The van der Waals surface area contributed by atoms with E-state index in [1.165, 1.54) is 0 Å². The van der Waals surface area contributed by atoms with Crippen LogP contribution in [0.3, 0.4) is 0 Å². The molecule has 1 aliphatic rings. The molecule has 31 heavy (non-hydrogen) atoms. The van der Waals surface area contributed by atoms with Gasteiger partial charge in [-0.2, -0.15) is 0 Å². The highest BCUT2D eigenvalue weighted by Crippen LogP contribution is 2.42. The molecule has 4 aromatic rings. The van der Waals surface area contributed by atoms with Crippen molar-refractivity contribution >= 4 is 38.9 Å². The van der Waals surface area contributed by atoms with Crippen LogP contribution in [0.1, 0.15) is 29.2 Å². The molecule has 0 saturated carbocycles. The summed E-state index contributed by atoms with van der Waals surface area (Å²) in [5.41, 5.74) is 5.26. The first kappa shape index (κ1) is 19.9. The Balaban J connectivity index is 1.70. The minimum Gasteiger partial charge on any atom is -0.351 e. The third-order valence-corrected chi connectivity index (χ3v) is 6.36. The van der Waals surface area contributed by atoms with Crippen molar-refractivity contribution in [1.29, 1.82) is 0 Å². The Morgan fingerprint density at radius 3 is 2.48 bits per heavy atom. The lowest BCUT2D eigenvalue weighted by atomic mass is 10.0. The van der Waals surface area contributed by atoms with Crippen LogP contribution in [-0.2, 0) is 0 Å². The Morgan fingerprint density at radius 1 is 0.935 bits per heavy atom. The molecule has 1 fully saturated rings. The number of thiocarbonyl (C=S) groups is 1. The van der Waals surface area contributed by atoms with Gasteiger partial charge in [-0.05, 0) is 79.8 Å². The fourth-order valence-electron chi connectivity index (χ4n) is 4.16. The van der Waals surface area contributed by atoms with Gasteiger partial charge in [0.2, 0.25) is 0 Å². The molecule has 1 aliphatic heterocycles. The zero-order valence-corrected chi connectivity index (χ0v) is 19.2. The summed E-state index contributed by atoms with van der Waals surface area (Å²) in [5.74, 6) is 0. The average Bonchev–Trinajstić information content (AvgIpc) is 3.35. The molecule has 1 saturated heterocycles. The number of aryl methyl sites for hydroxylation is 1. The lowest BCUT2D eigenvalue weighted by Gasteiger charge is -2.29. The number of hydrogen-bond acceptors (Lipinski definition) is 3. The molecule has 2 atom stereocenters. The van der Waals surface area contributed by atoms with Crippen molar-refractivity contribution in [2.45, 2.75) is 19.0 Å². The smallest absolute Gasteiger partial charge is 0.174 e. The van der Waals surface area contributed by atoms with Crippen LogP contribution in [0.4, 0.5) is 5.69 Å². The average molecular weight is 490 g/mol. The summed E-state index contributed by atoms with van der Waals surface area (Å²) in [6, 6.07) is 22.4. The minimum atomic E-state index is -0.0953. The number of hydrogen-bond donors (Lipinski definition) is 1. The van der Waals surface area contributed by atoms with Crippen LogP contribution in [0.15, 0.2) is 89.8 Å². The number of nitrogens with zero attached hydrogens (tertiary/aromatic N) is 4. The van der Waals surface area contributed by atoms with E-state index in [1.54, 1.807) is 6.20 Å². The van der Waals surface area contributed by atoms with Crippen molar-refractivity contribution in [2.24, 2.45) is 0 Å². The molecule has 7 heteroatoms. The molecule has 0 bridgehead atoms. The Hall–Kier alpha value is -3.03. The third kappa shape index (κ3) is 3.64. The molecule has 0 radical (unpaired) electrons. The first-order valence-electron chi connectivity index (χ1n) is 9.98. The SMILES string of the molecule is Cc1ccc(C2C(c3ccccn3)NC(=S)N2c2ccc(Br)cc2)n1-c1cccnc1. The molecule has 4 heterocycles. The van der Waals surface area contributed by atoms with Crippen LogP contribution >= 0.6 is 28.1 Å². The predicted molar refractivity (Wildman–Crippen MR) is 130 cm³/mol. The van der Waals surface area contributed by atoms with E-state index in [4.69, 9.17) is 12.2 Å². The molecule has 2 unspecified atom stereocenters. The molecule has 0 spiro atoms. The van der Waals surface area contributed by atoms with Crippen molar-refractivity contribution in [3.63, 3.8) is 0 Å². The van der Waals surface area contributed by atoms with Gasteiger partial charge in [0.1, 0.15) is 6.04 Å². The Morgan fingerprint density at radius 2 is 1.77 bits per heavy atom. The van der Waals surface area contributed by atoms with Gasteiger partial charge >= 0.3 is 0 Å². The molecule has 0 amide bonds. The molecule has 1 aromatic carbocycles. The summed E-state index contributed by atoms with van der Waals surface area (Å²) in [6.45, 7) is 2.11. The minimum absolute atomic E-state index is 0.0857. The van der Waals surface area contributed by atoms with E-state index >= 15 is 0 Å². The maximum atomic E-state index is 5.83. The van der Waals surface area contributed by atoms with Crippen LogP contribution in [0.2, 0.25) is 0 Å². The number of rotatable bonds is 4. The standard InChI is InChI=1S/C24H20BrN5S/c1-16-7-12-21(29(16)19-5-4-13-26-15-19)23-22(20-6-2-3-14-27-20)28-24(31)30(23)18-10-8-17(25)9-11-18/h2-15,22-23H,1H3,(H,28,31). The van der Waals surface area contributed by atoms with Crippen molar-refractivity contribution in [1.82, 2.24) is 19.9 Å². The highest BCUT2D eigenvalue weighted by Gasteiger charge is 2.42. The highest BCUT2D eigenvalue weighted by atomic mass is 79.9. The van der Waals surface area contributed by atoms with Crippen LogP contribution in [-0.4, -0.2) is 19.6 Å². The second kappa shape index (κ2) is 8.24. The van der Waals surface area contributed by atoms with Gasteiger partial charge in [0.15, 0.2) is 5.11 Å². The summed E-state index contributed by atoms with van der Waals surface area (Å²) in [7, 11) is 0. The largest absolute Gasteiger partial charge is 0.351 e. The maximum absolute atomic E-state index is 5.83. The molecule has 1 N–H and O–H groups in total. The van der Waals surface area contributed by atoms with E-state index in [2.05, 4.69) is 77.9 Å².